The van der Waals surface area contributed by atoms with Crippen molar-refractivity contribution in [2.24, 2.45) is 0 Å². The first kappa shape index (κ1) is 13.7. The average Bonchev–Trinajstić information content (AvgIpc) is 2.42. The van der Waals surface area contributed by atoms with Gasteiger partial charge in [0.15, 0.2) is 0 Å². The van der Waals surface area contributed by atoms with Crippen molar-refractivity contribution in [1.82, 2.24) is 5.32 Å². The van der Waals surface area contributed by atoms with Crippen molar-refractivity contribution >= 4 is 17.3 Å². The van der Waals surface area contributed by atoms with Crippen molar-refractivity contribution in [2.75, 3.05) is 17.6 Å². The molecule has 0 radical (unpaired) electrons. The van der Waals surface area contributed by atoms with Crippen LogP contribution in [-0.2, 0) is 0 Å². The molecule has 1 saturated carbocycles. The predicted octanol–water partition coefficient (Wildman–Crippen LogP) is 2.76. The Morgan fingerprint density at radius 3 is 2.74 bits per heavy atom. The van der Waals surface area contributed by atoms with Gasteiger partial charge in [0.25, 0.3) is 5.91 Å². The van der Waals surface area contributed by atoms with Crippen LogP contribution in [0, 0.1) is 0 Å². The predicted molar refractivity (Wildman–Crippen MR) is 79.4 cm³/mol. The molecule has 1 fully saturated rings. The Labute approximate surface area is 114 Å². The first-order chi connectivity index (χ1) is 9.20. The van der Waals surface area contributed by atoms with Gasteiger partial charge in [0.05, 0.1) is 11.4 Å². The lowest BCUT2D eigenvalue weighted by Gasteiger charge is -2.24. The van der Waals surface area contributed by atoms with Gasteiger partial charge >= 0.3 is 0 Å². The maximum absolute atomic E-state index is 11.8. The monoisotopic (exact) mass is 261 g/mol. The first-order valence-corrected chi connectivity index (χ1v) is 7.15. The lowest BCUT2D eigenvalue weighted by atomic mass is 9.95. The molecule has 4 nitrogen and oxygen atoms in total. The third-order valence-electron chi connectivity index (χ3n) is 3.62. The molecule has 0 aromatic heterocycles. The Balaban J connectivity index is 2.10. The zero-order valence-corrected chi connectivity index (χ0v) is 11.5. The van der Waals surface area contributed by atoms with E-state index < -0.39 is 0 Å². The molecule has 1 aromatic rings. The summed E-state index contributed by atoms with van der Waals surface area (Å²) in [5, 5.41) is 6.29. The SMILES string of the molecule is CCNC(=O)c1ccc(N)c(NC2CCCCC2)c1. The van der Waals surface area contributed by atoms with Crippen LogP contribution < -0.4 is 16.4 Å². The second-order valence-corrected chi connectivity index (χ2v) is 5.14. The van der Waals surface area contributed by atoms with E-state index in [2.05, 4.69) is 10.6 Å². The molecule has 0 bridgehead atoms. The molecule has 0 aliphatic heterocycles. The van der Waals surface area contributed by atoms with E-state index in [9.17, 15) is 4.79 Å². The summed E-state index contributed by atoms with van der Waals surface area (Å²) in [5.41, 5.74) is 8.24. The van der Waals surface area contributed by atoms with Crippen LogP contribution in [0.25, 0.3) is 0 Å². The smallest absolute Gasteiger partial charge is 0.251 e. The van der Waals surface area contributed by atoms with Crippen LogP contribution in [0.5, 0.6) is 0 Å². The van der Waals surface area contributed by atoms with Gasteiger partial charge in [-0.25, -0.2) is 0 Å². The minimum Gasteiger partial charge on any atom is -0.397 e. The van der Waals surface area contributed by atoms with Crippen LogP contribution in [0.4, 0.5) is 11.4 Å². The molecule has 4 heteroatoms. The van der Waals surface area contributed by atoms with Gasteiger partial charge < -0.3 is 16.4 Å². The van der Waals surface area contributed by atoms with E-state index in [1.54, 1.807) is 12.1 Å². The van der Waals surface area contributed by atoms with Crippen molar-refractivity contribution in [3.05, 3.63) is 23.8 Å². The summed E-state index contributed by atoms with van der Waals surface area (Å²) >= 11 is 0. The maximum Gasteiger partial charge on any atom is 0.251 e. The van der Waals surface area contributed by atoms with Crippen LogP contribution in [0.3, 0.4) is 0 Å². The summed E-state index contributed by atoms with van der Waals surface area (Å²) in [6.45, 7) is 2.55. The second kappa shape index (κ2) is 6.45. The number of anilines is 2. The van der Waals surface area contributed by atoms with Gasteiger partial charge in [-0.15, -0.1) is 0 Å². The zero-order chi connectivity index (χ0) is 13.7. The fourth-order valence-corrected chi connectivity index (χ4v) is 2.55. The van der Waals surface area contributed by atoms with Crippen LogP contribution in [-0.4, -0.2) is 18.5 Å². The molecule has 0 spiro atoms. The summed E-state index contributed by atoms with van der Waals surface area (Å²) < 4.78 is 0. The lowest BCUT2D eigenvalue weighted by Crippen LogP contribution is -2.25. The van der Waals surface area contributed by atoms with E-state index in [0.717, 1.165) is 5.69 Å². The third-order valence-corrected chi connectivity index (χ3v) is 3.62. The van der Waals surface area contributed by atoms with Crippen molar-refractivity contribution in [3.8, 4) is 0 Å². The number of carbonyl (C=O) groups excluding carboxylic acids is 1. The Bertz CT molecular complexity index is 439. The van der Waals surface area contributed by atoms with E-state index in [4.69, 9.17) is 5.73 Å². The van der Waals surface area contributed by atoms with Crippen LogP contribution in [0.1, 0.15) is 49.4 Å². The van der Waals surface area contributed by atoms with E-state index in [1.807, 2.05) is 13.0 Å². The topological polar surface area (TPSA) is 67.2 Å². The molecule has 0 atom stereocenters. The highest BCUT2D eigenvalue weighted by Crippen LogP contribution is 2.26. The first-order valence-electron chi connectivity index (χ1n) is 7.15. The van der Waals surface area contributed by atoms with Gasteiger partial charge in [0.1, 0.15) is 0 Å². The number of amides is 1. The third kappa shape index (κ3) is 3.63. The largest absolute Gasteiger partial charge is 0.397 e. The van der Waals surface area contributed by atoms with Gasteiger partial charge in [-0.3, -0.25) is 4.79 Å². The Kier molecular flexibility index (Phi) is 4.66. The number of benzene rings is 1. The van der Waals surface area contributed by atoms with Crippen LogP contribution in [0.2, 0.25) is 0 Å². The summed E-state index contributed by atoms with van der Waals surface area (Å²) in [4.78, 5) is 11.8. The van der Waals surface area contributed by atoms with E-state index in [0.29, 0.717) is 23.8 Å². The number of carbonyl (C=O) groups is 1. The quantitative estimate of drug-likeness (QED) is 0.730. The highest BCUT2D eigenvalue weighted by Gasteiger charge is 2.15. The normalized spacial score (nSPS) is 16.1. The molecule has 19 heavy (non-hydrogen) atoms. The zero-order valence-electron chi connectivity index (χ0n) is 11.5. The number of nitrogens with one attached hydrogen (secondary N) is 2. The highest BCUT2D eigenvalue weighted by molar-refractivity contribution is 5.96. The van der Waals surface area contributed by atoms with Gasteiger partial charge in [-0.2, -0.15) is 0 Å². The number of nitrogen functional groups attached to an aromatic ring is 1. The summed E-state index contributed by atoms with van der Waals surface area (Å²) in [7, 11) is 0. The van der Waals surface area contributed by atoms with Crippen molar-refractivity contribution in [2.45, 2.75) is 45.1 Å². The standard InChI is InChI=1S/C15H23N3O/c1-2-17-15(19)11-8-9-13(16)14(10-11)18-12-6-4-3-5-7-12/h8-10,12,18H,2-7,16H2,1H3,(H,17,19). The molecule has 0 saturated heterocycles. The molecule has 2 rings (SSSR count). The number of hydrogen-bond acceptors (Lipinski definition) is 3. The minimum atomic E-state index is -0.0470. The van der Waals surface area contributed by atoms with Crippen molar-refractivity contribution < 1.29 is 4.79 Å². The summed E-state index contributed by atoms with van der Waals surface area (Å²) in [6.07, 6.45) is 6.24. The van der Waals surface area contributed by atoms with Gasteiger partial charge in [-0.05, 0) is 38.0 Å². The van der Waals surface area contributed by atoms with E-state index >= 15 is 0 Å². The van der Waals surface area contributed by atoms with E-state index in [1.165, 1.54) is 32.1 Å². The molecular weight excluding hydrogens is 238 g/mol. The molecule has 1 aliphatic carbocycles. The molecule has 104 valence electrons. The fourth-order valence-electron chi connectivity index (χ4n) is 2.55. The van der Waals surface area contributed by atoms with Crippen molar-refractivity contribution in [3.63, 3.8) is 0 Å². The molecule has 1 amide bonds. The van der Waals surface area contributed by atoms with E-state index in [-0.39, 0.29) is 5.91 Å². The van der Waals surface area contributed by atoms with Crippen LogP contribution >= 0.6 is 0 Å². The summed E-state index contributed by atoms with van der Waals surface area (Å²) in [6, 6.07) is 5.91. The summed E-state index contributed by atoms with van der Waals surface area (Å²) in [5.74, 6) is -0.0470. The Morgan fingerprint density at radius 1 is 1.32 bits per heavy atom. The van der Waals surface area contributed by atoms with Gasteiger partial charge in [0, 0.05) is 18.2 Å². The molecule has 0 unspecified atom stereocenters. The average molecular weight is 261 g/mol. The molecular formula is C15H23N3O. The molecule has 4 N–H and O–H groups in total. The number of rotatable bonds is 4. The van der Waals surface area contributed by atoms with Gasteiger partial charge in [-0.1, -0.05) is 19.3 Å². The Morgan fingerprint density at radius 2 is 2.05 bits per heavy atom. The van der Waals surface area contributed by atoms with Crippen molar-refractivity contribution in [1.29, 1.82) is 0 Å². The minimum absolute atomic E-state index is 0.0470. The highest BCUT2D eigenvalue weighted by atomic mass is 16.1. The fraction of sp³-hybridized carbons (Fsp3) is 0.533. The Hall–Kier alpha value is -1.71. The number of nitrogens with two attached hydrogens (primary N) is 1. The van der Waals surface area contributed by atoms with Gasteiger partial charge in [0.2, 0.25) is 0 Å². The number of hydrogen-bond donors (Lipinski definition) is 3. The lowest BCUT2D eigenvalue weighted by molar-refractivity contribution is 0.0956. The second-order valence-electron chi connectivity index (χ2n) is 5.14. The molecule has 1 aliphatic rings. The van der Waals surface area contributed by atoms with Crippen LogP contribution in [0.15, 0.2) is 18.2 Å². The molecule has 0 heterocycles. The maximum atomic E-state index is 11.8. The molecule has 1 aromatic carbocycles.